The van der Waals surface area contributed by atoms with Gasteiger partial charge in [0.25, 0.3) is 0 Å². The van der Waals surface area contributed by atoms with Gasteiger partial charge in [0.05, 0.1) is 36.1 Å². The first-order valence-electron chi connectivity index (χ1n) is 9.59. The van der Waals surface area contributed by atoms with Crippen molar-refractivity contribution in [2.24, 2.45) is 0 Å². The number of benzene rings is 1. The van der Waals surface area contributed by atoms with Crippen molar-refractivity contribution in [3.63, 3.8) is 0 Å². The normalized spacial score (nSPS) is 16.4. The van der Waals surface area contributed by atoms with E-state index in [2.05, 4.69) is 15.4 Å². The maximum atomic E-state index is 14.0. The molecule has 1 fully saturated rings. The zero-order valence-corrected chi connectivity index (χ0v) is 16.2. The summed E-state index contributed by atoms with van der Waals surface area (Å²) < 4.78 is 52.7. The van der Waals surface area contributed by atoms with E-state index in [-0.39, 0.29) is 17.8 Å². The number of amides is 1. The monoisotopic (exact) mass is 420 g/mol. The van der Waals surface area contributed by atoms with Gasteiger partial charge < -0.3 is 5.32 Å². The lowest BCUT2D eigenvalue weighted by atomic mass is 10.0. The Labute approximate surface area is 170 Å². The number of halogens is 4. The van der Waals surface area contributed by atoms with Crippen LogP contribution in [0.2, 0.25) is 0 Å². The van der Waals surface area contributed by atoms with Gasteiger partial charge in [-0.25, -0.2) is 4.39 Å². The lowest BCUT2D eigenvalue weighted by Gasteiger charge is -2.14. The molecule has 1 saturated carbocycles. The third-order valence-electron chi connectivity index (χ3n) is 5.22. The summed E-state index contributed by atoms with van der Waals surface area (Å²) in [7, 11) is 0. The average molecular weight is 420 g/mol. The smallest absolute Gasteiger partial charge is 0.348 e. The van der Waals surface area contributed by atoms with Crippen LogP contribution >= 0.6 is 0 Å². The first-order chi connectivity index (χ1) is 14.1. The number of hydrogen-bond acceptors (Lipinski definition) is 3. The van der Waals surface area contributed by atoms with E-state index in [0.29, 0.717) is 29.5 Å². The van der Waals surface area contributed by atoms with Gasteiger partial charge in [-0.1, -0.05) is 24.3 Å². The average Bonchev–Trinajstić information content (AvgIpc) is 3.31. The van der Waals surface area contributed by atoms with Crippen molar-refractivity contribution in [2.45, 2.75) is 50.6 Å². The highest BCUT2D eigenvalue weighted by Gasteiger charge is 2.44. The molecule has 0 bridgehead atoms. The van der Waals surface area contributed by atoms with Gasteiger partial charge in [-0.2, -0.15) is 18.3 Å². The highest BCUT2D eigenvalue weighted by atomic mass is 19.4. The van der Waals surface area contributed by atoms with E-state index in [0.717, 1.165) is 10.2 Å². The minimum atomic E-state index is -4.37. The molecule has 0 spiro atoms. The molecular weight excluding hydrogens is 400 g/mol. The van der Waals surface area contributed by atoms with Crippen molar-refractivity contribution in [1.29, 1.82) is 0 Å². The van der Waals surface area contributed by atoms with Gasteiger partial charge in [0, 0.05) is 5.39 Å². The summed E-state index contributed by atoms with van der Waals surface area (Å²) in [5.74, 6) is -0.230. The third-order valence-corrected chi connectivity index (χ3v) is 5.22. The summed E-state index contributed by atoms with van der Waals surface area (Å²) in [5.41, 5.74) is 1.00. The van der Waals surface area contributed by atoms with Gasteiger partial charge in [0.2, 0.25) is 5.91 Å². The SMILES string of the molecule is C[C@@H](NC(=O)Cc1ccc(C2(F)CC2)cc1)c1cc2cnn(CC(F)(F)F)c2cn1. The van der Waals surface area contributed by atoms with Crippen LogP contribution in [-0.4, -0.2) is 26.8 Å². The molecule has 0 unspecified atom stereocenters. The molecule has 0 saturated heterocycles. The topological polar surface area (TPSA) is 59.8 Å². The van der Waals surface area contributed by atoms with E-state index in [1.54, 1.807) is 37.3 Å². The van der Waals surface area contributed by atoms with Crippen LogP contribution in [0, 0.1) is 0 Å². The van der Waals surface area contributed by atoms with E-state index >= 15 is 0 Å². The molecule has 4 rings (SSSR count). The fourth-order valence-corrected chi connectivity index (χ4v) is 3.40. The summed E-state index contributed by atoms with van der Waals surface area (Å²) in [6.45, 7) is 0.557. The predicted octanol–water partition coefficient (Wildman–Crippen LogP) is 4.37. The van der Waals surface area contributed by atoms with Gasteiger partial charge in [0.15, 0.2) is 0 Å². The molecule has 5 nitrogen and oxygen atoms in total. The number of rotatable bonds is 6. The van der Waals surface area contributed by atoms with Crippen molar-refractivity contribution in [1.82, 2.24) is 20.1 Å². The lowest BCUT2D eigenvalue weighted by Crippen LogP contribution is -2.28. The zero-order chi connectivity index (χ0) is 21.5. The predicted molar refractivity (Wildman–Crippen MR) is 102 cm³/mol. The van der Waals surface area contributed by atoms with Crippen LogP contribution in [0.4, 0.5) is 17.6 Å². The Morgan fingerprint density at radius 1 is 1.23 bits per heavy atom. The standard InChI is InChI=1S/C21H20F4N4O/c1-13(17-9-15-10-27-29(12-21(23,24)25)18(15)11-26-17)28-19(30)8-14-2-4-16(5-3-14)20(22)6-7-20/h2-5,9-11,13H,6-8,12H2,1H3,(H,28,30)/t13-/m1/s1. The number of fused-ring (bicyclic) bond motifs is 1. The quantitative estimate of drug-likeness (QED) is 0.603. The van der Waals surface area contributed by atoms with Crippen LogP contribution in [0.5, 0.6) is 0 Å². The molecule has 30 heavy (non-hydrogen) atoms. The number of carbonyl (C=O) groups is 1. The second kappa shape index (κ2) is 7.37. The molecule has 2 heterocycles. The number of carbonyl (C=O) groups excluding carboxylic acids is 1. The maximum Gasteiger partial charge on any atom is 0.408 e. The van der Waals surface area contributed by atoms with Crippen LogP contribution in [0.1, 0.15) is 42.6 Å². The minimum absolute atomic E-state index is 0.135. The summed E-state index contributed by atoms with van der Waals surface area (Å²) in [6, 6.07) is 8.11. The minimum Gasteiger partial charge on any atom is -0.348 e. The Balaban J connectivity index is 1.39. The molecular formula is C21H20F4N4O. The van der Waals surface area contributed by atoms with Crippen LogP contribution < -0.4 is 5.32 Å². The Bertz CT molecular complexity index is 1070. The number of nitrogens with zero attached hydrogens (tertiary/aromatic N) is 3. The fourth-order valence-electron chi connectivity index (χ4n) is 3.40. The molecule has 1 amide bonds. The van der Waals surface area contributed by atoms with Crippen molar-refractivity contribution in [3.8, 4) is 0 Å². The Kier molecular flexibility index (Phi) is 4.99. The van der Waals surface area contributed by atoms with E-state index in [4.69, 9.17) is 0 Å². The molecule has 0 aliphatic heterocycles. The van der Waals surface area contributed by atoms with Crippen molar-refractivity contribution in [3.05, 3.63) is 59.5 Å². The fraction of sp³-hybridized carbons (Fsp3) is 0.381. The molecule has 158 valence electrons. The summed E-state index contributed by atoms with van der Waals surface area (Å²) >= 11 is 0. The van der Waals surface area contributed by atoms with Crippen LogP contribution in [0.15, 0.2) is 42.7 Å². The summed E-state index contributed by atoms with van der Waals surface area (Å²) in [5, 5.41) is 7.11. The Hall–Kier alpha value is -2.97. The van der Waals surface area contributed by atoms with E-state index in [1.807, 2.05) is 0 Å². The van der Waals surface area contributed by atoms with Gasteiger partial charge in [-0.05, 0) is 37.0 Å². The summed E-state index contributed by atoms with van der Waals surface area (Å²) in [6.07, 6.45) is -0.487. The van der Waals surface area contributed by atoms with Gasteiger partial charge >= 0.3 is 6.18 Å². The number of hydrogen-bond donors (Lipinski definition) is 1. The molecule has 2 aromatic heterocycles. The van der Waals surface area contributed by atoms with Crippen molar-refractivity contribution >= 4 is 16.8 Å². The highest BCUT2D eigenvalue weighted by molar-refractivity contribution is 5.80. The second-order valence-corrected chi connectivity index (χ2v) is 7.71. The van der Waals surface area contributed by atoms with Gasteiger partial charge in [-0.3, -0.25) is 14.5 Å². The number of alkyl halides is 4. The number of pyridine rings is 1. The molecule has 1 aliphatic carbocycles. The Morgan fingerprint density at radius 2 is 1.93 bits per heavy atom. The molecule has 9 heteroatoms. The molecule has 1 atom stereocenters. The number of nitrogens with one attached hydrogen (secondary N) is 1. The van der Waals surface area contributed by atoms with E-state index in [1.165, 1.54) is 12.4 Å². The van der Waals surface area contributed by atoms with Crippen molar-refractivity contribution in [2.75, 3.05) is 0 Å². The van der Waals surface area contributed by atoms with Gasteiger partial charge in [-0.15, -0.1) is 0 Å². The van der Waals surface area contributed by atoms with E-state index < -0.39 is 24.4 Å². The van der Waals surface area contributed by atoms with Crippen LogP contribution in [0.3, 0.4) is 0 Å². The van der Waals surface area contributed by atoms with Crippen LogP contribution in [0.25, 0.3) is 10.9 Å². The Morgan fingerprint density at radius 3 is 2.57 bits per heavy atom. The first-order valence-corrected chi connectivity index (χ1v) is 9.59. The second-order valence-electron chi connectivity index (χ2n) is 7.71. The third kappa shape index (κ3) is 4.44. The summed E-state index contributed by atoms with van der Waals surface area (Å²) in [4.78, 5) is 16.6. The number of aromatic nitrogens is 3. The molecule has 1 N–H and O–H groups in total. The van der Waals surface area contributed by atoms with Gasteiger partial charge in [0.1, 0.15) is 12.2 Å². The largest absolute Gasteiger partial charge is 0.408 e. The molecule has 1 aliphatic rings. The van der Waals surface area contributed by atoms with Crippen molar-refractivity contribution < 1.29 is 22.4 Å². The molecule has 3 aromatic rings. The highest BCUT2D eigenvalue weighted by Crippen LogP contribution is 2.49. The zero-order valence-electron chi connectivity index (χ0n) is 16.2. The van der Waals surface area contributed by atoms with Crippen LogP contribution in [-0.2, 0) is 23.4 Å². The molecule has 1 aromatic carbocycles. The molecule has 0 radical (unpaired) electrons. The van der Waals surface area contributed by atoms with E-state index in [9.17, 15) is 22.4 Å². The maximum absolute atomic E-state index is 14.0. The first kappa shape index (κ1) is 20.3. The lowest BCUT2D eigenvalue weighted by molar-refractivity contribution is -0.141.